The van der Waals surface area contributed by atoms with Crippen molar-refractivity contribution in [2.24, 2.45) is 5.73 Å². The van der Waals surface area contributed by atoms with E-state index in [9.17, 15) is 4.79 Å². The molecule has 4 N–H and O–H groups in total. The SMILES string of the molecule is N#Cc1ccc(N2CCN(c3nccc(COC(=O)NC(=N)N)n3)CC2)cc1. The lowest BCUT2D eigenvalue weighted by Gasteiger charge is -2.36. The number of anilines is 2. The van der Waals surface area contributed by atoms with Gasteiger partial charge in [0.2, 0.25) is 5.95 Å². The fourth-order valence-electron chi connectivity index (χ4n) is 2.81. The number of carbonyl (C=O) groups excluding carboxylic acids is 1. The number of benzene rings is 1. The summed E-state index contributed by atoms with van der Waals surface area (Å²) in [5.41, 5.74) is 7.35. The first kappa shape index (κ1) is 18.9. The lowest BCUT2D eigenvalue weighted by Crippen LogP contribution is -2.47. The number of nitrogens with one attached hydrogen (secondary N) is 2. The van der Waals surface area contributed by atoms with Gasteiger partial charge in [-0.2, -0.15) is 5.26 Å². The van der Waals surface area contributed by atoms with Crippen molar-refractivity contribution in [1.29, 1.82) is 10.7 Å². The molecule has 1 fully saturated rings. The van der Waals surface area contributed by atoms with Crippen LogP contribution in [-0.4, -0.2) is 48.2 Å². The summed E-state index contributed by atoms with van der Waals surface area (Å²) in [6.07, 6.45) is 0.820. The first-order chi connectivity index (χ1) is 13.5. The van der Waals surface area contributed by atoms with Crippen molar-refractivity contribution < 1.29 is 9.53 Å². The minimum Gasteiger partial charge on any atom is -0.443 e. The summed E-state index contributed by atoms with van der Waals surface area (Å²) in [4.78, 5) is 24.5. The van der Waals surface area contributed by atoms with E-state index < -0.39 is 12.1 Å². The van der Waals surface area contributed by atoms with E-state index in [-0.39, 0.29) is 6.61 Å². The third kappa shape index (κ3) is 4.85. The molecule has 28 heavy (non-hydrogen) atoms. The number of hydrogen-bond acceptors (Lipinski definition) is 8. The van der Waals surface area contributed by atoms with E-state index >= 15 is 0 Å². The lowest BCUT2D eigenvalue weighted by atomic mass is 10.2. The zero-order chi connectivity index (χ0) is 19.9. The summed E-state index contributed by atoms with van der Waals surface area (Å²) in [6.45, 7) is 3.05. The predicted molar refractivity (Wildman–Crippen MR) is 103 cm³/mol. The van der Waals surface area contributed by atoms with Crippen LogP contribution in [0.1, 0.15) is 11.3 Å². The van der Waals surface area contributed by atoms with Gasteiger partial charge in [-0.05, 0) is 30.3 Å². The monoisotopic (exact) mass is 380 g/mol. The quantitative estimate of drug-likeness (QED) is 0.522. The number of aromatic nitrogens is 2. The van der Waals surface area contributed by atoms with Gasteiger partial charge in [0.1, 0.15) is 6.61 Å². The van der Waals surface area contributed by atoms with Gasteiger partial charge < -0.3 is 20.3 Å². The summed E-state index contributed by atoms with van der Waals surface area (Å²) in [5.74, 6) is 0.0982. The molecular formula is C18H20N8O2. The predicted octanol–water partition coefficient (Wildman–Crippen LogP) is 0.795. The summed E-state index contributed by atoms with van der Waals surface area (Å²) >= 11 is 0. The molecule has 10 heteroatoms. The van der Waals surface area contributed by atoms with Crippen LogP contribution in [0.25, 0.3) is 0 Å². The van der Waals surface area contributed by atoms with Crippen LogP contribution < -0.4 is 20.9 Å². The van der Waals surface area contributed by atoms with Crippen molar-refractivity contribution in [1.82, 2.24) is 15.3 Å². The zero-order valence-corrected chi connectivity index (χ0v) is 15.1. The molecule has 0 radical (unpaired) electrons. The third-order valence-corrected chi connectivity index (χ3v) is 4.21. The van der Waals surface area contributed by atoms with Gasteiger partial charge in [0.25, 0.3) is 0 Å². The van der Waals surface area contributed by atoms with Gasteiger partial charge in [-0.25, -0.2) is 14.8 Å². The van der Waals surface area contributed by atoms with E-state index in [0.29, 0.717) is 17.2 Å². The molecule has 1 aliphatic heterocycles. The van der Waals surface area contributed by atoms with Crippen molar-refractivity contribution in [3.63, 3.8) is 0 Å². The van der Waals surface area contributed by atoms with Crippen LogP contribution in [0.15, 0.2) is 36.5 Å². The number of hydrogen-bond donors (Lipinski definition) is 3. The Balaban J connectivity index is 1.56. The number of ether oxygens (including phenoxy) is 1. The Bertz CT molecular complexity index is 885. The number of guanidine groups is 1. The maximum Gasteiger partial charge on any atom is 0.414 e. The van der Waals surface area contributed by atoms with Gasteiger partial charge in [0, 0.05) is 38.1 Å². The normalized spacial score (nSPS) is 13.5. The topological polar surface area (TPSA) is 144 Å². The second kappa shape index (κ2) is 8.68. The number of piperazine rings is 1. The Labute approximate surface area is 162 Å². The van der Waals surface area contributed by atoms with E-state index in [1.807, 2.05) is 29.6 Å². The molecular weight excluding hydrogens is 360 g/mol. The van der Waals surface area contributed by atoms with Crippen molar-refractivity contribution >= 4 is 23.7 Å². The highest BCUT2D eigenvalue weighted by molar-refractivity contribution is 5.90. The van der Waals surface area contributed by atoms with Crippen LogP contribution in [0.3, 0.4) is 0 Å². The molecule has 1 saturated heterocycles. The second-order valence-corrected chi connectivity index (χ2v) is 6.10. The molecule has 0 aliphatic carbocycles. The first-order valence-corrected chi connectivity index (χ1v) is 8.65. The van der Waals surface area contributed by atoms with E-state index in [2.05, 4.69) is 25.8 Å². The summed E-state index contributed by atoms with van der Waals surface area (Å²) < 4.78 is 4.96. The van der Waals surface area contributed by atoms with Crippen LogP contribution in [0.5, 0.6) is 0 Å². The average Bonchev–Trinajstić information content (AvgIpc) is 2.72. The van der Waals surface area contributed by atoms with Gasteiger partial charge in [0.15, 0.2) is 5.96 Å². The molecule has 1 amide bonds. The minimum atomic E-state index is -0.802. The highest BCUT2D eigenvalue weighted by Gasteiger charge is 2.19. The largest absolute Gasteiger partial charge is 0.443 e. The minimum absolute atomic E-state index is 0.0418. The van der Waals surface area contributed by atoms with Gasteiger partial charge in [-0.3, -0.25) is 10.7 Å². The van der Waals surface area contributed by atoms with Crippen LogP contribution in [0, 0.1) is 16.7 Å². The Kier molecular flexibility index (Phi) is 5.86. The van der Waals surface area contributed by atoms with E-state index in [0.717, 1.165) is 31.9 Å². The molecule has 10 nitrogen and oxygen atoms in total. The van der Waals surface area contributed by atoms with Crippen LogP contribution in [0.4, 0.5) is 16.4 Å². The molecule has 144 valence electrons. The highest BCUT2D eigenvalue weighted by atomic mass is 16.5. The van der Waals surface area contributed by atoms with Gasteiger partial charge >= 0.3 is 6.09 Å². The molecule has 2 heterocycles. The molecule has 0 unspecified atom stereocenters. The van der Waals surface area contributed by atoms with Gasteiger partial charge in [-0.1, -0.05) is 0 Å². The molecule has 1 aliphatic rings. The van der Waals surface area contributed by atoms with Crippen LogP contribution >= 0.6 is 0 Å². The lowest BCUT2D eigenvalue weighted by molar-refractivity contribution is 0.143. The number of alkyl carbamates (subject to hydrolysis) is 1. The van der Waals surface area contributed by atoms with E-state index in [1.54, 1.807) is 12.3 Å². The molecule has 0 saturated carbocycles. The number of carbonyl (C=O) groups is 1. The maximum atomic E-state index is 11.4. The zero-order valence-electron chi connectivity index (χ0n) is 15.1. The van der Waals surface area contributed by atoms with Crippen molar-refractivity contribution in [2.45, 2.75) is 6.61 Å². The first-order valence-electron chi connectivity index (χ1n) is 8.65. The number of nitrogens with zero attached hydrogens (tertiary/aromatic N) is 5. The molecule has 0 atom stereocenters. The van der Waals surface area contributed by atoms with Crippen LogP contribution in [-0.2, 0) is 11.3 Å². The summed E-state index contributed by atoms with van der Waals surface area (Å²) in [5, 5.41) is 17.9. The number of amides is 1. The van der Waals surface area contributed by atoms with Gasteiger partial charge in [-0.15, -0.1) is 0 Å². The second-order valence-electron chi connectivity index (χ2n) is 6.10. The molecule has 1 aromatic heterocycles. The molecule has 0 bridgehead atoms. The number of nitrogens with two attached hydrogens (primary N) is 1. The standard InChI is InChI=1S/C18H20N8O2/c19-11-13-1-3-15(4-2-13)25-7-9-26(10-8-25)17-22-6-5-14(23-17)12-28-18(27)24-16(20)21/h1-6H,7-10,12H2,(H4,20,21,24,27). The smallest absolute Gasteiger partial charge is 0.414 e. The fourth-order valence-corrected chi connectivity index (χ4v) is 2.81. The van der Waals surface area contributed by atoms with E-state index in [4.69, 9.17) is 21.1 Å². The Morgan fingerprint density at radius 2 is 1.89 bits per heavy atom. The van der Waals surface area contributed by atoms with Crippen molar-refractivity contribution in [3.8, 4) is 6.07 Å². The van der Waals surface area contributed by atoms with Crippen LogP contribution in [0.2, 0.25) is 0 Å². The molecule has 0 spiro atoms. The van der Waals surface area contributed by atoms with Crippen molar-refractivity contribution in [2.75, 3.05) is 36.0 Å². The third-order valence-electron chi connectivity index (χ3n) is 4.21. The Hall–Kier alpha value is -3.87. The van der Waals surface area contributed by atoms with Crippen molar-refractivity contribution in [3.05, 3.63) is 47.8 Å². The molecule has 3 rings (SSSR count). The molecule has 1 aromatic carbocycles. The number of rotatable bonds is 4. The molecule has 2 aromatic rings. The summed E-state index contributed by atoms with van der Waals surface area (Å²) in [6, 6.07) is 11.3. The Morgan fingerprint density at radius 3 is 2.54 bits per heavy atom. The fraction of sp³-hybridized carbons (Fsp3) is 0.278. The highest BCUT2D eigenvalue weighted by Crippen LogP contribution is 2.19. The Morgan fingerprint density at radius 1 is 1.21 bits per heavy atom. The number of nitriles is 1. The average molecular weight is 380 g/mol. The summed E-state index contributed by atoms with van der Waals surface area (Å²) in [7, 11) is 0. The van der Waals surface area contributed by atoms with E-state index in [1.165, 1.54) is 0 Å². The maximum absolute atomic E-state index is 11.4. The van der Waals surface area contributed by atoms with Gasteiger partial charge in [0.05, 0.1) is 17.3 Å².